The van der Waals surface area contributed by atoms with Crippen LogP contribution in [0.5, 0.6) is 0 Å². The second-order valence-electron chi connectivity index (χ2n) is 7.29. The SMILES string of the molecule is Cc1nc2ccc(S(=O)(=O)N3CCO[C@H](c4c(C(N)=O)sc5ccccc45)C3)cc2o1. The van der Waals surface area contributed by atoms with E-state index in [2.05, 4.69) is 4.98 Å². The third-order valence-electron chi connectivity index (χ3n) is 5.31. The Morgan fingerprint density at radius 3 is 2.87 bits per heavy atom. The van der Waals surface area contributed by atoms with Gasteiger partial charge in [0.05, 0.1) is 22.5 Å². The lowest BCUT2D eigenvalue weighted by Gasteiger charge is -2.32. The van der Waals surface area contributed by atoms with E-state index >= 15 is 0 Å². The summed E-state index contributed by atoms with van der Waals surface area (Å²) < 4.78 is 40.4. The minimum absolute atomic E-state index is 0.0802. The maximum absolute atomic E-state index is 13.4. The lowest BCUT2D eigenvalue weighted by Crippen LogP contribution is -2.42. The van der Waals surface area contributed by atoms with E-state index < -0.39 is 22.0 Å². The molecule has 2 aromatic heterocycles. The number of benzene rings is 2. The first-order valence-corrected chi connectivity index (χ1v) is 11.9. The fourth-order valence-electron chi connectivity index (χ4n) is 3.92. The van der Waals surface area contributed by atoms with Gasteiger partial charge in [-0.1, -0.05) is 18.2 Å². The summed E-state index contributed by atoms with van der Waals surface area (Å²) in [4.78, 5) is 16.8. The summed E-state index contributed by atoms with van der Waals surface area (Å²) in [7, 11) is -3.80. The van der Waals surface area contributed by atoms with E-state index in [0.29, 0.717) is 27.4 Å². The standard InChI is InChI=1S/C21H19N3O5S2/c1-12-23-15-7-6-13(10-16(15)29-12)31(26,27)24-8-9-28-17(11-24)19-14-4-2-3-5-18(14)30-20(19)21(22)25/h2-7,10,17H,8-9,11H2,1H3,(H2,22,25)/t17-/m0/s1. The van der Waals surface area contributed by atoms with E-state index in [1.807, 2.05) is 24.3 Å². The van der Waals surface area contributed by atoms with Gasteiger partial charge in [-0.05, 0) is 23.6 Å². The van der Waals surface area contributed by atoms with Gasteiger partial charge >= 0.3 is 0 Å². The molecule has 5 rings (SSSR count). The summed E-state index contributed by atoms with van der Waals surface area (Å²) in [6.07, 6.45) is -0.599. The molecule has 4 aromatic rings. The lowest BCUT2D eigenvalue weighted by atomic mass is 10.0. The van der Waals surface area contributed by atoms with Gasteiger partial charge in [0, 0.05) is 36.3 Å². The molecule has 31 heavy (non-hydrogen) atoms. The monoisotopic (exact) mass is 457 g/mol. The molecule has 10 heteroatoms. The molecular weight excluding hydrogens is 438 g/mol. The van der Waals surface area contributed by atoms with Crippen LogP contribution in [0.3, 0.4) is 0 Å². The van der Waals surface area contributed by atoms with Crippen molar-refractivity contribution in [1.82, 2.24) is 9.29 Å². The molecule has 0 bridgehead atoms. The zero-order valence-corrected chi connectivity index (χ0v) is 18.2. The topological polar surface area (TPSA) is 116 Å². The van der Waals surface area contributed by atoms with Crippen molar-refractivity contribution in [1.29, 1.82) is 0 Å². The molecule has 0 spiro atoms. The van der Waals surface area contributed by atoms with Crippen LogP contribution in [0.2, 0.25) is 0 Å². The maximum atomic E-state index is 13.4. The molecule has 0 unspecified atom stereocenters. The number of fused-ring (bicyclic) bond motifs is 2. The number of carbonyl (C=O) groups excluding carboxylic acids is 1. The average Bonchev–Trinajstić information content (AvgIpc) is 3.33. The molecule has 1 aliphatic heterocycles. The van der Waals surface area contributed by atoms with E-state index in [1.54, 1.807) is 13.0 Å². The van der Waals surface area contributed by atoms with Crippen LogP contribution in [-0.4, -0.2) is 43.3 Å². The zero-order valence-electron chi connectivity index (χ0n) is 16.6. The van der Waals surface area contributed by atoms with Crippen LogP contribution in [0.1, 0.15) is 27.2 Å². The number of carbonyl (C=O) groups is 1. The summed E-state index contributed by atoms with van der Waals surface area (Å²) in [5.74, 6) is -0.0785. The van der Waals surface area contributed by atoms with E-state index in [9.17, 15) is 13.2 Å². The Morgan fingerprint density at radius 2 is 2.06 bits per heavy atom. The second-order valence-corrected chi connectivity index (χ2v) is 10.3. The second kappa shape index (κ2) is 7.41. The minimum Gasteiger partial charge on any atom is -0.441 e. The summed E-state index contributed by atoms with van der Waals surface area (Å²) in [6.45, 7) is 2.20. The average molecular weight is 458 g/mol. The normalized spacial score (nSPS) is 18.0. The van der Waals surface area contributed by atoms with Gasteiger partial charge < -0.3 is 14.9 Å². The predicted molar refractivity (Wildman–Crippen MR) is 117 cm³/mol. The molecule has 0 radical (unpaired) electrons. The Morgan fingerprint density at radius 1 is 1.26 bits per heavy atom. The Hall–Kier alpha value is -2.79. The number of aromatic nitrogens is 1. The molecule has 8 nitrogen and oxygen atoms in total. The van der Waals surface area contributed by atoms with Crippen molar-refractivity contribution in [2.24, 2.45) is 5.73 Å². The number of rotatable bonds is 4. The first-order chi connectivity index (χ1) is 14.8. The lowest BCUT2D eigenvalue weighted by molar-refractivity contribution is -0.00188. The first-order valence-electron chi connectivity index (χ1n) is 9.65. The van der Waals surface area contributed by atoms with Crippen molar-refractivity contribution >= 4 is 48.5 Å². The van der Waals surface area contributed by atoms with Crippen LogP contribution in [0.15, 0.2) is 51.8 Å². The van der Waals surface area contributed by atoms with E-state index in [-0.39, 0.29) is 24.6 Å². The molecule has 2 aromatic carbocycles. The number of ether oxygens (including phenoxy) is 1. The molecule has 160 valence electrons. The van der Waals surface area contributed by atoms with Gasteiger partial charge in [0.1, 0.15) is 5.52 Å². The predicted octanol–water partition coefficient (Wildman–Crippen LogP) is 3.21. The molecule has 0 aliphatic carbocycles. The van der Waals surface area contributed by atoms with E-state index in [1.165, 1.54) is 27.8 Å². The van der Waals surface area contributed by atoms with Crippen LogP contribution >= 0.6 is 11.3 Å². The van der Waals surface area contributed by atoms with Crippen molar-refractivity contribution < 1.29 is 22.4 Å². The van der Waals surface area contributed by atoms with Crippen LogP contribution in [0.25, 0.3) is 21.2 Å². The molecule has 1 atom stereocenters. The number of thiophene rings is 1. The number of hydrogen-bond donors (Lipinski definition) is 1. The molecule has 2 N–H and O–H groups in total. The fourth-order valence-corrected chi connectivity index (χ4v) is 6.46. The van der Waals surface area contributed by atoms with Crippen molar-refractivity contribution in [2.45, 2.75) is 17.9 Å². The van der Waals surface area contributed by atoms with Gasteiger partial charge in [-0.25, -0.2) is 13.4 Å². The number of sulfonamides is 1. The third-order valence-corrected chi connectivity index (χ3v) is 8.38. The number of amides is 1. The Bertz CT molecular complexity index is 1420. The molecule has 1 aliphatic rings. The summed E-state index contributed by atoms with van der Waals surface area (Å²) >= 11 is 1.29. The Balaban J connectivity index is 1.52. The van der Waals surface area contributed by atoms with Crippen molar-refractivity contribution in [2.75, 3.05) is 19.7 Å². The zero-order chi connectivity index (χ0) is 21.8. The molecule has 0 saturated carbocycles. The van der Waals surface area contributed by atoms with Crippen LogP contribution in [-0.2, 0) is 14.8 Å². The number of hydrogen-bond acceptors (Lipinski definition) is 7. The van der Waals surface area contributed by atoms with Crippen molar-refractivity contribution in [3.63, 3.8) is 0 Å². The van der Waals surface area contributed by atoms with Crippen molar-refractivity contribution in [3.05, 3.63) is 58.8 Å². The largest absolute Gasteiger partial charge is 0.441 e. The highest BCUT2D eigenvalue weighted by Crippen LogP contribution is 2.38. The molecular formula is C21H19N3O5S2. The molecule has 1 saturated heterocycles. The highest BCUT2D eigenvalue weighted by molar-refractivity contribution is 7.89. The van der Waals surface area contributed by atoms with Gasteiger partial charge in [-0.15, -0.1) is 11.3 Å². The first kappa shape index (κ1) is 20.1. The number of primary amides is 1. The van der Waals surface area contributed by atoms with Gasteiger partial charge in [0.25, 0.3) is 5.91 Å². The van der Waals surface area contributed by atoms with Gasteiger partial charge in [0.15, 0.2) is 11.5 Å². The highest BCUT2D eigenvalue weighted by Gasteiger charge is 2.35. The van der Waals surface area contributed by atoms with E-state index in [4.69, 9.17) is 14.9 Å². The van der Waals surface area contributed by atoms with Gasteiger partial charge in [-0.3, -0.25) is 4.79 Å². The summed E-state index contributed by atoms with van der Waals surface area (Å²) in [5.41, 5.74) is 7.29. The smallest absolute Gasteiger partial charge is 0.259 e. The number of nitrogens with zero attached hydrogens (tertiary/aromatic N) is 2. The Kier molecular flexibility index (Phi) is 4.82. The quantitative estimate of drug-likeness (QED) is 0.503. The minimum atomic E-state index is -3.80. The Labute approximate surface area is 182 Å². The summed E-state index contributed by atoms with van der Waals surface area (Å²) in [6, 6.07) is 12.2. The molecule has 3 heterocycles. The highest BCUT2D eigenvalue weighted by atomic mass is 32.2. The van der Waals surface area contributed by atoms with Crippen molar-refractivity contribution in [3.8, 4) is 0 Å². The van der Waals surface area contributed by atoms with Gasteiger partial charge in [-0.2, -0.15) is 4.31 Å². The van der Waals surface area contributed by atoms with Crippen LogP contribution in [0.4, 0.5) is 0 Å². The van der Waals surface area contributed by atoms with Gasteiger partial charge in [0.2, 0.25) is 10.0 Å². The molecule has 1 amide bonds. The summed E-state index contributed by atoms with van der Waals surface area (Å²) in [5, 5.41) is 0.851. The fraction of sp³-hybridized carbons (Fsp3) is 0.238. The molecule has 1 fully saturated rings. The maximum Gasteiger partial charge on any atom is 0.259 e. The third kappa shape index (κ3) is 3.41. The van der Waals surface area contributed by atoms with Crippen LogP contribution < -0.4 is 5.73 Å². The van der Waals surface area contributed by atoms with E-state index in [0.717, 1.165) is 10.1 Å². The van der Waals surface area contributed by atoms with Crippen LogP contribution in [0, 0.1) is 6.92 Å². The number of aryl methyl sites for hydroxylation is 1. The number of nitrogens with two attached hydrogens (primary N) is 1. The number of morpholine rings is 1. The number of oxazole rings is 1.